The Morgan fingerprint density at radius 2 is 1.81 bits per heavy atom. The average molecular weight is 554 g/mol. The van der Waals surface area contributed by atoms with Crippen molar-refractivity contribution in [2.24, 2.45) is 16.5 Å². The number of fused-ring (bicyclic) bond motifs is 1. The molecule has 0 saturated carbocycles. The fraction of sp³-hybridized carbons (Fsp3) is 0.421. The van der Waals surface area contributed by atoms with Gasteiger partial charge in [0, 0.05) is 12.1 Å². The molecule has 2 atom stereocenters. The molecule has 1 aromatic rings. The van der Waals surface area contributed by atoms with Crippen molar-refractivity contribution in [3.8, 4) is 5.75 Å². The van der Waals surface area contributed by atoms with E-state index in [1.54, 1.807) is 0 Å². The number of halogens is 8. The molecule has 0 fully saturated rings. The van der Waals surface area contributed by atoms with E-state index in [0.29, 0.717) is 18.6 Å². The Hall–Kier alpha value is -3.24. The van der Waals surface area contributed by atoms with Gasteiger partial charge in [0.25, 0.3) is 5.91 Å². The van der Waals surface area contributed by atoms with Gasteiger partial charge >= 0.3 is 22.4 Å². The molecule has 1 aliphatic rings. The van der Waals surface area contributed by atoms with E-state index in [9.17, 15) is 42.2 Å². The minimum Gasteiger partial charge on any atom is -0.475 e. The molecule has 1 aromatic carbocycles. The van der Waals surface area contributed by atoms with Gasteiger partial charge in [-0.25, -0.2) is 4.79 Å². The summed E-state index contributed by atoms with van der Waals surface area (Å²) in [5, 5.41) is 2.02. The summed E-state index contributed by atoms with van der Waals surface area (Å²) in [7, 11) is -9.23. The lowest BCUT2D eigenvalue weighted by molar-refractivity contribution is -0.185. The van der Waals surface area contributed by atoms with Crippen LogP contribution in [0.1, 0.15) is 24.8 Å². The number of carbonyl (C=O) groups excluding carboxylic acids is 2. The number of methoxy groups -OCH3 is 1. The van der Waals surface area contributed by atoms with E-state index in [4.69, 9.17) is 11.5 Å². The van der Waals surface area contributed by atoms with Crippen LogP contribution in [0, 0.1) is 0 Å². The summed E-state index contributed by atoms with van der Waals surface area (Å²) in [4.78, 5) is 26.0. The van der Waals surface area contributed by atoms with Crippen molar-refractivity contribution >= 4 is 34.1 Å². The Morgan fingerprint density at radius 3 is 2.33 bits per heavy atom. The van der Waals surface area contributed by atoms with Crippen molar-refractivity contribution in [2.45, 2.75) is 42.5 Å². The molecular weight excluding hydrogens is 532 g/mol. The molecule has 5 N–H and O–H groups in total. The number of nitrogens with two attached hydrogens (primary N) is 2. The molecule has 0 spiro atoms. The standard InChI is InChI=1S/C19H22F8N4O4S/c1-34-17(33)13(4-2-3-7-30-18(28)29)31-16(32)12-9-10-8-11(36(23,24,25,26)27)5-6-14(10)35-15(12)19(20,21)22/h5-6,8-9,13,15H,2-4,7H2,1H3,(H,31,32)(H4,28,29,30)/t13-,15-/m0/s1. The van der Waals surface area contributed by atoms with Gasteiger partial charge in [0.1, 0.15) is 16.7 Å². The highest BCUT2D eigenvalue weighted by Gasteiger charge is 2.65. The van der Waals surface area contributed by atoms with Crippen molar-refractivity contribution in [2.75, 3.05) is 13.7 Å². The van der Waals surface area contributed by atoms with Crippen molar-refractivity contribution in [1.82, 2.24) is 5.32 Å². The van der Waals surface area contributed by atoms with Gasteiger partial charge in [-0.1, -0.05) is 19.4 Å². The average Bonchev–Trinajstić information content (AvgIpc) is 2.73. The summed E-state index contributed by atoms with van der Waals surface area (Å²) in [5.74, 6) is -3.54. The highest BCUT2D eigenvalue weighted by molar-refractivity contribution is 8.45. The molecule has 0 saturated heterocycles. The number of alkyl halides is 3. The van der Waals surface area contributed by atoms with Crippen molar-refractivity contribution < 1.29 is 51.7 Å². The van der Waals surface area contributed by atoms with E-state index in [2.05, 4.69) is 14.5 Å². The summed E-state index contributed by atoms with van der Waals surface area (Å²) >= 11 is 0. The zero-order valence-corrected chi connectivity index (χ0v) is 19.3. The number of benzene rings is 1. The molecular formula is C19H22F8N4O4S. The summed E-state index contributed by atoms with van der Waals surface area (Å²) < 4.78 is 116. The minimum absolute atomic E-state index is 0.109. The second-order valence-electron chi connectivity index (χ2n) is 7.66. The predicted molar refractivity (Wildman–Crippen MR) is 115 cm³/mol. The van der Waals surface area contributed by atoms with E-state index in [-0.39, 0.29) is 37.5 Å². The number of rotatable bonds is 9. The first-order valence-corrected chi connectivity index (χ1v) is 11.9. The molecule has 0 aliphatic carbocycles. The monoisotopic (exact) mass is 554 g/mol. The van der Waals surface area contributed by atoms with Crippen molar-refractivity contribution in [3.05, 3.63) is 29.3 Å². The maximum absolute atomic E-state index is 13.6. The van der Waals surface area contributed by atoms with Crippen LogP contribution in [0.15, 0.2) is 33.7 Å². The van der Waals surface area contributed by atoms with Crippen molar-refractivity contribution in [3.63, 3.8) is 0 Å². The lowest BCUT2D eigenvalue weighted by Crippen LogP contribution is -2.48. The van der Waals surface area contributed by atoms with E-state index in [0.717, 1.165) is 7.11 Å². The third-order valence-electron chi connectivity index (χ3n) is 4.81. The van der Waals surface area contributed by atoms with Gasteiger partial charge in [-0.3, -0.25) is 9.79 Å². The highest BCUT2D eigenvalue weighted by atomic mass is 32.5. The van der Waals surface area contributed by atoms with Crippen LogP contribution >= 0.6 is 10.2 Å². The Balaban J connectivity index is 2.38. The number of carbonyl (C=O) groups is 2. The first-order valence-electron chi connectivity index (χ1n) is 10.00. The van der Waals surface area contributed by atoms with Gasteiger partial charge in [0.15, 0.2) is 5.96 Å². The first kappa shape index (κ1) is 29.0. The Kier molecular flexibility index (Phi) is 7.51. The van der Waals surface area contributed by atoms with E-state index in [1.165, 1.54) is 0 Å². The second-order valence-corrected chi connectivity index (χ2v) is 10.1. The highest BCUT2D eigenvalue weighted by Crippen LogP contribution is 3.02. The number of amides is 1. The molecule has 204 valence electrons. The molecule has 1 amide bonds. The molecule has 8 nitrogen and oxygen atoms in total. The van der Waals surface area contributed by atoms with Crippen LogP contribution in [-0.2, 0) is 14.3 Å². The van der Waals surface area contributed by atoms with Gasteiger partial charge < -0.3 is 26.3 Å². The largest absolute Gasteiger partial charge is 0.475 e. The molecule has 0 aromatic heterocycles. The number of hydrogen-bond acceptors (Lipinski definition) is 5. The summed E-state index contributed by atoms with van der Waals surface area (Å²) in [6, 6.07) is -1.37. The summed E-state index contributed by atoms with van der Waals surface area (Å²) in [6.07, 6.45) is -7.40. The maximum Gasteiger partial charge on any atom is 0.429 e. The normalized spacial score (nSPS) is 18.4. The molecule has 0 bridgehead atoms. The van der Waals surface area contributed by atoms with Crippen LogP contribution in [0.5, 0.6) is 5.75 Å². The van der Waals surface area contributed by atoms with Gasteiger partial charge in [0.05, 0.1) is 12.7 Å². The van der Waals surface area contributed by atoms with Crippen LogP contribution in [0.4, 0.5) is 32.6 Å². The number of esters is 1. The quantitative estimate of drug-likeness (QED) is 0.138. The third-order valence-corrected chi connectivity index (χ3v) is 5.96. The number of aliphatic imine (C=N–C) groups is 1. The fourth-order valence-corrected chi connectivity index (χ4v) is 3.82. The Morgan fingerprint density at radius 1 is 1.17 bits per heavy atom. The van der Waals surface area contributed by atoms with Crippen LogP contribution in [-0.4, -0.2) is 49.8 Å². The topological polar surface area (TPSA) is 129 Å². The van der Waals surface area contributed by atoms with Crippen LogP contribution in [0.25, 0.3) is 6.08 Å². The number of guanidine groups is 1. The molecule has 2 rings (SSSR count). The lowest BCUT2D eigenvalue weighted by Gasteiger charge is -2.41. The van der Waals surface area contributed by atoms with Crippen LogP contribution in [0.2, 0.25) is 0 Å². The fourth-order valence-electron chi connectivity index (χ4n) is 3.15. The van der Waals surface area contributed by atoms with Gasteiger partial charge in [-0.05, 0) is 43.5 Å². The summed E-state index contributed by atoms with van der Waals surface area (Å²) in [6.45, 7) is 0.157. The zero-order valence-electron chi connectivity index (χ0n) is 18.5. The smallest absolute Gasteiger partial charge is 0.429 e. The van der Waals surface area contributed by atoms with Crippen LogP contribution in [0.3, 0.4) is 0 Å². The van der Waals surface area contributed by atoms with Gasteiger partial charge in [0.2, 0.25) is 6.10 Å². The number of ether oxygens (including phenoxy) is 2. The molecule has 1 aliphatic heterocycles. The molecule has 0 unspecified atom stereocenters. The summed E-state index contributed by atoms with van der Waals surface area (Å²) in [5.41, 5.74) is 8.25. The van der Waals surface area contributed by atoms with Gasteiger partial charge in [-0.15, -0.1) is 0 Å². The zero-order chi connectivity index (χ0) is 27.6. The third kappa shape index (κ3) is 7.63. The van der Waals surface area contributed by atoms with E-state index in [1.807, 2.05) is 5.32 Å². The number of unbranched alkanes of at least 4 members (excludes halogenated alkanes) is 1. The molecule has 0 radical (unpaired) electrons. The maximum atomic E-state index is 13.6. The first-order chi connectivity index (χ1) is 16.2. The Bertz CT molecular complexity index is 1090. The SMILES string of the molecule is COC(=O)[C@H](CCCCN=C(N)N)NC(=O)C1=Cc2cc(S(F)(F)(F)(F)F)ccc2O[C@@H]1C(F)(F)F. The van der Waals surface area contributed by atoms with Gasteiger partial charge in [-0.2, -0.15) is 13.2 Å². The molecule has 17 heteroatoms. The lowest BCUT2D eigenvalue weighted by atomic mass is 9.99. The van der Waals surface area contributed by atoms with Crippen molar-refractivity contribution in [1.29, 1.82) is 0 Å². The number of hydrogen-bond donors (Lipinski definition) is 3. The van der Waals surface area contributed by atoms with E-state index >= 15 is 0 Å². The van der Waals surface area contributed by atoms with Crippen LogP contribution < -0.4 is 21.5 Å². The minimum atomic E-state index is -10.2. The molecule has 36 heavy (non-hydrogen) atoms. The number of nitrogens with one attached hydrogen (secondary N) is 1. The van der Waals surface area contributed by atoms with E-state index < -0.39 is 62.2 Å². The molecule has 1 heterocycles. The Labute approximate surface area is 199 Å². The predicted octanol–water partition coefficient (Wildman–Crippen LogP) is 4.15. The number of nitrogens with zero attached hydrogens (tertiary/aromatic N) is 1. The second kappa shape index (κ2) is 9.33.